The van der Waals surface area contributed by atoms with Gasteiger partial charge in [0.15, 0.2) is 0 Å². The molecule has 0 spiro atoms. The van der Waals surface area contributed by atoms with Crippen molar-refractivity contribution in [2.45, 2.75) is 54.1 Å². The summed E-state index contributed by atoms with van der Waals surface area (Å²) in [5, 5.41) is 17.6. The number of alkyl halides is 17. The van der Waals surface area contributed by atoms with Gasteiger partial charge in [0.1, 0.15) is 13.1 Å². The quantitative estimate of drug-likeness (QED) is 0.176. The zero-order valence-electron chi connectivity index (χ0n) is 17.4. The fraction of sp³-hybridized carbons (Fsp3) is 1.00. The average Bonchev–Trinajstić information content (AvgIpc) is 2.65. The van der Waals surface area contributed by atoms with Gasteiger partial charge < -0.3 is 38.7 Å². The van der Waals surface area contributed by atoms with Gasteiger partial charge in [-0.25, -0.2) is 0 Å². The molecule has 2 N–H and O–H groups in total. The van der Waals surface area contributed by atoms with Crippen molar-refractivity contribution in [2.24, 2.45) is 0 Å². The number of nitrogens with zero attached hydrogens (tertiary/aromatic N) is 1. The van der Waals surface area contributed by atoms with Gasteiger partial charge in [0.2, 0.25) is 0 Å². The lowest BCUT2D eigenvalue weighted by Crippen LogP contribution is -3.00. The summed E-state index contributed by atoms with van der Waals surface area (Å²) >= 11 is 0. The van der Waals surface area contributed by atoms with Crippen LogP contribution in [0.4, 0.5) is 74.6 Å². The number of aliphatic hydroxyl groups is 2. The second-order valence-electron chi connectivity index (χ2n) is 7.64. The van der Waals surface area contributed by atoms with Gasteiger partial charge >= 0.3 is 47.6 Å². The van der Waals surface area contributed by atoms with E-state index in [9.17, 15) is 74.6 Å². The van der Waals surface area contributed by atoms with Gasteiger partial charge in [-0.3, -0.25) is 0 Å². The fourth-order valence-electron chi connectivity index (χ4n) is 2.58. The lowest BCUT2D eigenvalue weighted by Gasteiger charge is -2.43. The van der Waals surface area contributed by atoms with Crippen LogP contribution < -0.4 is 24.0 Å². The molecule has 0 aliphatic carbocycles. The standard InChI is InChI=1S/C15H17F17NO2.HI/c1-33(4-6-34,5-7-35)3-2-8(16,17)9(18,19)10(20,21)11(22,23)12(24,25)13(26,27)14(28,29)15(30,31)32;/h34-35H,2-7H2,1H3;1H/q+1;/p-1. The Morgan fingerprint density at radius 1 is 0.472 bits per heavy atom. The molecular formula is C15H17F17INO2. The van der Waals surface area contributed by atoms with Crippen molar-refractivity contribution in [2.75, 3.05) is 39.9 Å². The van der Waals surface area contributed by atoms with Gasteiger partial charge in [-0.15, -0.1) is 0 Å². The molecule has 0 bridgehead atoms. The van der Waals surface area contributed by atoms with Crippen molar-refractivity contribution >= 4 is 0 Å². The molecule has 0 aromatic heterocycles. The van der Waals surface area contributed by atoms with Gasteiger partial charge in [-0.2, -0.15) is 74.6 Å². The van der Waals surface area contributed by atoms with Crippen LogP contribution >= 0.6 is 0 Å². The minimum absolute atomic E-state index is 0. The van der Waals surface area contributed by atoms with Crippen molar-refractivity contribution in [3.8, 4) is 0 Å². The van der Waals surface area contributed by atoms with Crippen LogP contribution in [0.3, 0.4) is 0 Å². The summed E-state index contributed by atoms with van der Waals surface area (Å²) in [4.78, 5) is 0. The van der Waals surface area contributed by atoms with E-state index in [2.05, 4.69) is 0 Å². The zero-order valence-corrected chi connectivity index (χ0v) is 19.5. The summed E-state index contributed by atoms with van der Waals surface area (Å²) in [7, 11) is 0.849. The van der Waals surface area contributed by atoms with E-state index in [1.54, 1.807) is 0 Å². The van der Waals surface area contributed by atoms with Crippen molar-refractivity contribution in [3.05, 3.63) is 0 Å². The molecule has 3 nitrogen and oxygen atoms in total. The Hall–Kier alpha value is -0.580. The molecule has 0 amide bonds. The summed E-state index contributed by atoms with van der Waals surface area (Å²) in [5.41, 5.74) is 0. The minimum Gasteiger partial charge on any atom is -1.00 e. The molecule has 0 saturated heterocycles. The first-order chi connectivity index (χ1) is 15.1. The number of hydrogen-bond acceptors (Lipinski definition) is 2. The van der Waals surface area contributed by atoms with Crippen LogP contribution in [-0.2, 0) is 0 Å². The van der Waals surface area contributed by atoms with Crippen LogP contribution in [0.15, 0.2) is 0 Å². The van der Waals surface area contributed by atoms with E-state index in [1.807, 2.05) is 0 Å². The third-order valence-corrected chi connectivity index (χ3v) is 5.03. The number of hydrogen-bond donors (Lipinski definition) is 2. The molecule has 0 atom stereocenters. The van der Waals surface area contributed by atoms with Crippen LogP contribution in [0, 0.1) is 0 Å². The topological polar surface area (TPSA) is 40.5 Å². The minimum atomic E-state index is -8.65. The van der Waals surface area contributed by atoms with E-state index in [0.717, 1.165) is 7.05 Å². The summed E-state index contributed by atoms with van der Waals surface area (Å²) in [5.74, 6) is -56.5. The number of aliphatic hydroxyl groups excluding tert-OH is 2. The second-order valence-corrected chi connectivity index (χ2v) is 7.64. The van der Waals surface area contributed by atoms with Gasteiger partial charge in [-0.1, -0.05) is 0 Å². The monoisotopic (exact) mass is 693 g/mol. The van der Waals surface area contributed by atoms with Gasteiger partial charge in [0.05, 0.1) is 33.2 Å². The number of halogens is 18. The molecule has 0 radical (unpaired) electrons. The maximum absolute atomic E-state index is 13.9. The highest BCUT2D eigenvalue weighted by Crippen LogP contribution is 2.64. The van der Waals surface area contributed by atoms with Crippen molar-refractivity contribution in [1.82, 2.24) is 0 Å². The molecule has 0 rings (SSSR count). The van der Waals surface area contributed by atoms with E-state index < -0.39 is 91.4 Å². The Labute approximate surface area is 207 Å². The molecule has 0 aliphatic heterocycles. The molecule has 0 saturated carbocycles. The smallest absolute Gasteiger partial charge is 0.460 e. The molecule has 0 aliphatic rings. The zero-order chi connectivity index (χ0) is 28.7. The van der Waals surface area contributed by atoms with E-state index in [0.29, 0.717) is 0 Å². The first-order valence-electron chi connectivity index (χ1n) is 8.84. The molecule has 21 heteroatoms. The van der Waals surface area contributed by atoms with Crippen LogP contribution in [0.25, 0.3) is 0 Å². The predicted molar refractivity (Wildman–Crippen MR) is 80.3 cm³/mol. The number of likely N-dealkylation sites (N-methyl/N-ethyl adjacent to an activating group) is 1. The lowest BCUT2D eigenvalue weighted by atomic mass is 9.88. The Kier molecular flexibility index (Phi) is 11.4. The molecule has 0 fully saturated rings. The highest BCUT2D eigenvalue weighted by Gasteiger charge is 2.95. The van der Waals surface area contributed by atoms with Crippen molar-refractivity contribution in [3.63, 3.8) is 0 Å². The normalized spacial score (nSPS) is 15.7. The molecule has 0 heterocycles. The number of rotatable bonds is 13. The van der Waals surface area contributed by atoms with Gasteiger partial charge in [0.25, 0.3) is 0 Å². The molecule has 0 unspecified atom stereocenters. The third-order valence-electron chi connectivity index (χ3n) is 5.03. The summed E-state index contributed by atoms with van der Waals surface area (Å²) in [6, 6.07) is 0. The highest BCUT2D eigenvalue weighted by atomic mass is 127. The van der Waals surface area contributed by atoms with Gasteiger partial charge in [0, 0.05) is 0 Å². The van der Waals surface area contributed by atoms with E-state index in [4.69, 9.17) is 10.2 Å². The molecule has 0 aromatic rings. The van der Waals surface area contributed by atoms with E-state index in [1.165, 1.54) is 0 Å². The molecule has 0 aromatic carbocycles. The summed E-state index contributed by atoms with van der Waals surface area (Å²) in [6.45, 7) is -4.50. The maximum atomic E-state index is 13.9. The summed E-state index contributed by atoms with van der Waals surface area (Å²) in [6.07, 6.45) is -10.4. The van der Waals surface area contributed by atoms with Crippen LogP contribution in [-0.4, -0.2) is 102 Å². The van der Waals surface area contributed by atoms with E-state index in [-0.39, 0.29) is 24.0 Å². The fourth-order valence-corrected chi connectivity index (χ4v) is 2.58. The van der Waals surface area contributed by atoms with Crippen LogP contribution in [0.2, 0.25) is 0 Å². The Morgan fingerprint density at radius 3 is 1.03 bits per heavy atom. The van der Waals surface area contributed by atoms with Gasteiger partial charge in [-0.05, 0) is 0 Å². The SMILES string of the molecule is C[N+](CCO)(CCO)CCC(F)(F)C(F)(F)C(F)(F)C(F)(F)C(F)(F)C(F)(F)C(F)(F)C(F)(F)F.[I-]. The second kappa shape index (κ2) is 10.9. The van der Waals surface area contributed by atoms with E-state index >= 15 is 0 Å². The Bertz CT molecular complexity index is 719. The number of quaternary nitrogens is 1. The predicted octanol–water partition coefficient (Wildman–Crippen LogP) is 1.82. The van der Waals surface area contributed by atoms with Crippen molar-refractivity contribution < 1.29 is 113 Å². The first kappa shape index (κ1) is 37.6. The largest absolute Gasteiger partial charge is 1.00 e. The van der Waals surface area contributed by atoms with Crippen LogP contribution in [0.5, 0.6) is 0 Å². The highest BCUT2D eigenvalue weighted by molar-refractivity contribution is 5.15. The maximum Gasteiger partial charge on any atom is 0.460 e. The lowest BCUT2D eigenvalue weighted by molar-refractivity contribution is -0.911. The first-order valence-corrected chi connectivity index (χ1v) is 8.84. The summed E-state index contributed by atoms with van der Waals surface area (Å²) < 4.78 is 223. The average molecular weight is 693 g/mol. The molecule has 220 valence electrons. The Balaban J connectivity index is 0. The molecule has 36 heavy (non-hydrogen) atoms. The van der Waals surface area contributed by atoms with Crippen LogP contribution in [0.1, 0.15) is 6.42 Å². The third kappa shape index (κ3) is 5.86. The Morgan fingerprint density at radius 2 is 0.750 bits per heavy atom. The molecular weight excluding hydrogens is 676 g/mol. The van der Waals surface area contributed by atoms with Crippen molar-refractivity contribution in [1.29, 1.82) is 0 Å².